The molecule has 0 aromatic heterocycles. The molecular formula is C13H14F2O. The predicted octanol–water partition coefficient (Wildman–Crippen LogP) is 3.21. The van der Waals surface area contributed by atoms with Gasteiger partial charge in [0, 0.05) is 0 Å². The van der Waals surface area contributed by atoms with Gasteiger partial charge in [-0.15, -0.1) is 0 Å². The lowest BCUT2D eigenvalue weighted by atomic mass is 9.88. The summed E-state index contributed by atoms with van der Waals surface area (Å²) < 4.78 is 25.0. The van der Waals surface area contributed by atoms with Crippen molar-refractivity contribution < 1.29 is 13.6 Å². The molecule has 0 aliphatic carbocycles. The maximum absolute atomic E-state index is 12.5. The zero-order chi connectivity index (χ0) is 12.0. The van der Waals surface area contributed by atoms with Gasteiger partial charge in [-0.1, -0.05) is 36.4 Å². The van der Waals surface area contributed by atoms with Gasteiger partial charge in [-0.2, -0.15) is 0 Å². The molecular weight excluding hydrogens is 210 g/mol. The van der Waals surface area contributed by atoms with Crippen molar-refractivity contribution in [3.63, 3.8) is 0 Å². The number of carbonyl (C=O) groups excluding carboxylic acids is 1. The second-order valence-corrected chi connectivity index (χ2v) is 3.94. The maximum atomic E-state index is 12.5. The van der Waals surface area contributed by atoms with Crippen molar-refractivity contribution in [2.24, 2.45) is 5.41 Å². The van der Waals surface area contributed by atoms with Gasteiger partial charge in [0.2, 0.25) is 0 Å². The van der Waals surface area contributed by atoms with Crippen LogP contribution in [-0.4, -0.2) is 19.1 Å². The van der Waals surface area contributed by atoms with Crippen LogP contribution in [0.1, 0.15) is 12.5 Å². The van der Waals surface area contributed by atoms with E-state index in [1.807, 2.05) is 30.3 Å². The fourth-order valence-electron chi connectivity index (χ4n) is 1.10. The first kappa shape index (κ1) is 12.6. The highest BCUT2D eigenvalue weighted by Gasteiger charge is 2.31. The van der Waals surface area contributed by atoms with E-state index in [1.165, 1.54) is 13.0 Å². The van der Waals surface area contributed by atoms with E-state index in [0.717, 1.165) is 5.56 Å². The molecule has 0 saturated carbocycles. The number of rotatable bonds is 5. The number of hydrogen-bond acceptors (Lipinski definition) is 1. The first-order valence-corrected chi connectivity index (χ1v) is 5.02. The highest BCUT2D eigenvalue weighted by Crippen LogP contribution is 2.20. The fourth-order valence-corrected chi connectivity index (χ4v) is 1.10. The Kier molecular flexibility index (Phi) is 4.35. The molecule has 0 aliphatic rings. The summed E-state index contributed by atoms with van der Waals surface area (Å²) in [6, 6.07) is 9.13. The van der Waals surface area contributed by atoms with Crippen LogP contribution in [0.3, 0.4) is 0 Å². The fraction of sp³-hybridized carbons (Fsp3) is 0.308. The third kappa shape index (κ3) is 2.99. The molecule has 1 aromatic rings. The number of halogens is 2. The minimum absolute atomic E-state index is 0.527. The molecule has 3 heteroatoms. The molecule has 0 amide bonds. The summed E-state index contributed by atoms with van der Waals surface area (Å²) >= 11 is 0. The first-order valence-electron chi connectivity index (χ1n) is 5.02. The van der Waals surface area contributed by atoms with Crippen LogP contribution >= 0.6 is 0 Å². The van der Waals surface area contributed by atoms with E-state index in [-0.39, 0.29) is 0 Å². The van der Waals surface area contributed by atoms with Crippen LogP contribution in [-0.2, 0) is 4.79 Å². The zero-order valence-corrected chi connectivity index (χ0v) is 9.12. The Balaban J connectivity index is 2.75. The van der Waals surface area contributed by atoms with E-state index in [9.17, 15) is 13.6 Å². The minimum atomic E-state index is -1.54. The van der Waals surface area contributed by atoms with Crippen molar-refractivity contribution in [2.75, 3.05) is 13.3 Å². The van der Waals surface area contributed by atoms with Crippen molar-refractivity contribution in [3.8, 4) is 0 Å². The molecule has 0 N–H and O–H groups in total. The summed E-state index contributed by atoms with van der Waals surface area (Å²) in [6.07, 6.45) is 2.79. The number of allylic oxidation sites excluding steroid dienone is 1. The van der Waals surface area contributed by atoms with E-state index in [1.54, 1.807) is 6.08 Å². The van der Waals surface area contributed by atoms with Crippen LogP contribution < -0.4 is 0 Å². The van der Waals surface area contributed by atoms with Gasteiger partial charge >= 0.3 is 0 Å². The highest BCUT2D eigenvalue weighted by atomic mass is 19.1. The Morgan fingerprint density at radius 2 is 1.81 bits per heavy atom. The van der Waals surface area contributed by atoms with Gasteiger partial charge in [0.05, 0.1) is 5.41 Å². The number of alkyl halides is 2. The third-order valence-electron chi connectivity index (χ3n) is 2.41. The molecule has 86 valence electrons. The molecule has 0 radical (unpaired) electrons. The van der Waals surface area contributed by atoms with Gasteiger partial charge in [0.15, 0.2) is 5.78 Å². The first-order chi connectivity index (χ1) is 7.62. The van der Waals surface area contributed by atoms with Gasteiger partial charge in [0.25, 0.3) is 0 Å². The van der Waals surface area contributed by atoms with Crippen molar-refractivity contribution in [1.29, 1.82) is 0 Å². The van der Waals surface area contributed by atoms with Crippen molar-refractivity contribution in [1.82, 2.24) is 0 Å². The summed E-state index contributed by atoms with van der Waals surface area (Å²) in [5, 5.41) is 0. The average molecular weight is 224 g/mol. The minimum Gasteiger partial charge on any atom is -0.294 e. The Hall–Kier alpha value is -1.51. The van der Waals surface area contributed by atoms with Crippen molar-refractivity contribution in [2.45, 2.75) is 6.92 Å². The van der Waals surface area contributed by atoms with Crippen LogP contribution in [0.5, 0.6) is 0 Å². The summed E-state index contributed by atoms with van der Waals surface area (Å²) in [6.45, 7) is -0.687. The Morgan fingerprint density at radius 3 is 2.31 bits per heavy atom. The third-order valence-corrected chi connectivity index (χ3v) is 2.41. The topological polar surface area (TPSA) is 17.1 Å². The average Bonchev–Trinajstić information content (AvgIpc) is 2.36. The van der Waals surface area contributed by atoms with Crippen LogP contribution in [0.4, 0.5) is 8.78 Å². The monoisotopic (exact) mass is 224 g/mol. The van der Waals surface area contributed by atoms with Crippen molar-refractivity contribution >= 4 is 11.9 Å². The quantitative estimate of drug-likeness (QED) is 0.702. The van der Waals surface area contributed by atoms with Gasteiger partial charge in [0.1, 0.15) is 13.3 Å². The lowest BCUT2D eigenvalue weighted by Gasteiger charge is -2.17. The molecule has 1 rings (SSSR count). The molecule has 1 aromatic carbocycles. The molecule has 0 unspecified atom stereocenters. The van der Waals surface area contributed by atoms with Crippen LogP contribution in [0.25, 0.3) is 6.08 Å². The number of benzene rings is 1. The van der Waals surface area contributed by atoms with Gasteiger partial charge in [-0.25, -0.2) is 8.78 Å². The molecule has 1 nitrogen and oxygen atoms in total. The summed E-state index contributed by atoms with van der Waals surface area (Å²) in [7, 11) is 0. The normalized spacial score (nSPS) is 11.9. The Morgan fingerprint density at radius 1 is 1.25 bits per heavy atom. The van der Waals surface area contributed by atoms with E-state index < -0.39 is 24.5 Å². The maximum Gasteiger partial charge on any atom is 0.166 e. The molecule has 0 atom stereocenters. The van der Waals surface area contributed by atoms with Crippen LogP contribution in [0, 0.1) is 5.41 Å². The standard InChI is InChI=1S/C13H14F2O/c1-13(9-14,10-15)12(16)8-7-11-5-3-2-4-6-11/h2-8H,9-10H2,1H3. The second kappa shape index (κ2) is 5.54. The van der Waals surface area contributed by atoms with Crippen LogP contribution in [0.2, 0.25) is 0 Å². The molecule has 0 fully saturated rings. The lowest BCUT2D eigenvalue weighted by molar-refractivity contribution is -0.124. The highest BCUT2D eigenvalue weighted by molar-refractivity contribution is 5.98. The van der Waals surface area contributed by atoms with Crippen LogP contribution in [0.15, 0.2) is 36.4 Å². The SMILES string of the molecule is CC(CF)(CF)C(=O)C=Cc1ccccc1. The molecule has 16 heavy (non-hydrogen) atoms. The number of ketones is 1. The molecule has 0 aliphatic heterocycles. The van der Waals surface area contributed by atoms with E-state index in [2.05, 4.69) is 0 Å². The van der Waals surface area contributed by atoms with Gasteiger partial charge < -0.3 is 0 Å². The van der Waals surface area contributed by atoms with Crippen molar-refractivity contribution in [3.05, 3.63) is 42.0 Å². The summed E-state index contributed by atoms with van der Waals surface area (Å²) in [5.74, 6) is -0.527. The summed E-state index contributed by atoms with van der Waals surface area (Å²) in [5.41, 5.74) is -0.707. The zero-order valence-electron chi connectivity index (χ0n) is 9.12. The smallest absolute Gasteiger partial charge is 0.166 e. The van der Waals surface area contributed by atoms with E-state index >= 15 is 0 Å². The van der Waals surface area contributed by atoms with E-state index in [4.69, 9.17) is 0 Å². The van der Waals surface area contributed by atoms with E-state index in [0.29, 0.717) is 0 Å². The second-order valence-electron chi connectivity index (χ2n) is 3.94. The van der Waals surface area contributed by atoms with Gasteiger partial charge in [-0.3, -0.25) is 4.79 Å². The van der Waals surface area contributed by atoms with Gasteiger partial charge in [-0.05, 0) is 18.6 Å². The molecule has 0 spiro atoms. The molecule has 0 saturated heterocycles. The number of carbonyl (C=O) groups is 1. The Bertz CT molecular complexity index is 367. The summed E-state index contributed by atoms with van der Waals surface area (Å²) in [4.78, 5) is 11.5. The lowest BCUT2D eigenvalue weighted by Crippen LogP contribution is -2.30. The predicted molar refractivity (Wildman–Crippen MR) is 60.5 cm³/mol. The largest absolute Gasteiger partial charge is 0.294 e. The number of hydrogen-bond donors (Lipinski definition) is 0. The Labute approximate surface area is 93.8 Å². The molecule has 0 bridgehead atoms. The molecule has 0 heterocycles.